The molecule has 18 nitrogen and oxygen atoms in total. The number of hydrogen-bond donors (Lipinski definition) is 6. The Morgan fingerprint density at radius 3 is 0.713 bits per heavy atom. The molecule has 0 aliphatic rings. The number of carbonyl (C=O) groups excluding carboxylic acids is 8. The SMILES string of the molecule is CCCCC(=O)[C@H](OC(=O)CCCCCCCCC[NH3+])[C@@H](OC(=O)CCCCCCCCC[NH3+])C(=O)NCCC.CCCCC(=O)[C@H](OC(=O)CCCCCCC[NH3+])[C@@H](OC(=O)CCCCCCC[NH3+])C(=O)NCCC.[Cl-].[Cl-].[Cl-].[Cl-]. The highest BCUT2D eigenvalue weighted by Crippen LogP contribution is 2.19. The van der Waals surface area contributed by atoms with Crippen molar-refractivity contribution in [3.63, 3.8) is 0 Å². The topological polar surface area (TPSA) is 308 Å². The van der Waals surface area contributed by atoms with E-state index in [9.17, 15) is 38.4 Å². The van der Waals surface area contributed by atoms with Crippen molar-refractivity contribution in [3.8, 4) is 0 Å². The molecule has 0 saturated carbocycles. The number of quaternary nitrogens is 4. The Morgan fingerprint density at radius 1 is 0.287 bits per heavy atom. The van der Waals surface area contributed by atoms with E-state index in [2.05, 4.69) is 33.6 Å². The maximum absolute atomic E-state index is 13.1. The third kappa shape index (κ3) is 52.0. The zero-order valence-corrected chi connectivity index (χ0v) is 53.3. The summed E-state index contributed by atoms with van der Waals surface area (Å²) in [6, 6.07) is 0. The molecule has 0 unspecified atom stereocenters. The molecular weight excluding hydrogens is 1110 g/mol. The van der Waals surface area contributed by atoms with Gasteiger partial charge in [-0.25, -0.2) is 0 Å². The van der Waals surface area contributed by atoms with Crippen molar-refractivity contribution in [1.82, 2.24) is 10.6 Å². The number of ketones is 2. The van der Waals surface area contributed by atoms with Crippen LogP contribution in [0, 0.1) is 0 Å². The molecule has 0 saturated heterocycles. The van der Waals surface area contributed by atoms with E-state index in [4.69, 9.17) is 18.9 Å². The summed E-state index contributed by atoms with van der Waals surface area (Å²) in [5, 5.41) is 5.41. The summed E-state index contributed by atoms with van der Waals surface area (Å²) in [6.07, 6.45) is 23.1. The molecule has 0 spiro atoms. The third-order valence-corrected chi connectivity index (χ3v) is 12.9. The maximum atomic E-state index is 13.1. The van der Waals surface area contributed by atoms with E-state index in [0.717, 1.165) is 142 Å². The molecule has 0 aromatic carbocycles. The van der Waals surface area contributed by atoms with Gasteiger partial charge in [0, 0.05) is 51.6 Å². The minimum absolute atomic E-state index is 0. The molecule has 4 atom stereocenters. The Bertz CT molecular complexity index is 1420. The van der Waals surface area contributed by atoms with Crippen LogP contribution in [0.15, 0.2) is 0 Å². The number of unbranched alkanes of at least 4 members (excludes halogenated alkanes) is 22. The van der Waals surface area contributed by atoms with Gasteiger partial charge in [0.05, 0.1) is 26.2 Å². The number of ether oxygens (including phenoxy) is 4. The average molecular weight is 1230 g/mol. The van der Waals surface area contributed by atoms with Gasteiger partial charge in [-0.05, 0) is 103 Å². The molecule has 0 heterocycles. The van der Waals surface area contributed by atoms with Crippen LogP contribution in [0.4, 0.5) is 0 Å². The smallest absolute Gasteiger partial charge is 0.306 e. The van der Waals surface area contributed by atoms with Crippen LogP contribution in [-0.4, -0.2) is 111 Å². The normalized spacial score (nSPS) is 11.9. The first kappa shape index (κ1) is 88.4. The zero-order chi connectivity index (χ0) is 56.9. The fraction of sp³-hybridized carbons (Fsp3) is 0.862. The van der Waals surface area contributed by atoms with E-state index < -0.39 is 65.9 Å². The van der Waals surface area contributed by atoms with Gasteiger partial charge in [0.15, 0.2) is 11.6 Å². The van der Waals surface area contributed by atoms with Gasteiger partial charge >= 0.3 is 23.9 Å². The molecule has 0 bridgehead atoms. The average Bonchev–Trinajstić information content (AvgIpc) is 3.41. The van der Waals surface area contributed by atoms with Crippen LogP contribution in [0.3, 0.4) is 0 Å². The van der Waals surface area contributed by atoms with Gasteiger partial charge in [-0.2, -0.15) is 0 Å². The summed E-state index contributed by atoms with van der Waals surface area (Å²) in [6.45, 7) is 12.2. The van der Waals surface area contributed by atoms with Crippen molar-refractivity contribution >= 4 is 47.3 Å². The molecule has 0 aromatic rings. The number of amides is 2. The first-order chi connectivity index (χ1) is 36.8. The van der Waals surface area contributed by atoms with Crippen LogP contribution >= 0.6 is 0 Å². The molecule has 0 aromatic heterocycles. The Balaban J connectivity index is -0.000000328. The molecule has 80 heavy (non-hydrogen) atoms. The van der Waals surface area contributed by atoms with Crippen LogP contribution in [0.25, 0.3) is 0 Å². The molecule has 2 amide bonds. The molecule has 0 aliphatic carbocycles. The fourth-order valence-electron chi connectivity index (χ4n) is 8.20. The Hall–Kier alpha value is -2.84. The van der Waals surface area contributed by atoms with Crippen LogP contribution < -0.4 is 83.2 Å². The molecule has 0 fully saturated rings. The molecule has 476 valence electrons. The highest BCUT2D eigenvalue weighted by Gasteiger charge is 2.41. The lowest BCUT2D eigenvalue weighted by atomic mass is 10.0. The zero-order valence-electron chi connectivity index (χ0n) is 50.2. The number of halogens is 4. The predicted molar refractivity (Wildman–Crippen MR) is 295 cm³/mol. The van der Waals surface area contributed by atoms with E-state index in [-0.39, 0.29) is 93.9 Å². The van der Waals surface area contributed by atoms with Gasteiger partial charge in [-0.1, -0.05) is 118 Å². The Morgan fingerprint density at radius 2 is 0.500 bits per heavy atom. The largest absolute Gasteiger partial charge is 1.00 e. The van der Waals surface area contributed by atoms with E-state index >= 15 is 0 Å². The summed E-state index contributed by atoms with van der Waals surface area (Å²) in [4.78, 5) is 103. The molecule has 0 radical (unpaired) electrons. The standard InChI is InChI=1S/C31H59N3O6.C27H51N3O6.4ClH/c1-3-5-20-26(35)29(39-27(36)21-16-12-8-6-10-14-18-23-32)30(31(38)34-25-4-2)40-28(37)22-17-13-9-7-11-15-19-24-33;1-3-5-16-22(31)25(35-23(32)17-12-8-6-10-14-19-28)26(27(34)30-21-4-2)36-24(33)18-13-9-7-11-15-20-29;;;;/h29-30H,3-25,32-33H2,1-2H3,(H,34,38);25-26H,3-21,28-29H2,1-2H3,(H,30,34);4*1H/t29-,30+;25-,26+;;;;/m00..../s1. The van der Waals surface area contributed by atoms with Crippen LogP contribution in [0.2, 0.25) is 0 Å². The van der Waals surface area contributed by atoms with E-state index in [1.54, 1.807) is 0 Å². The van der Waals surface area contributed by atoms with Crippen LogP contribution in [0.5, 0.6) is 0 Å². The van der Waals surface area contributed by atoms with E-state index in [1.807, 2.05) is 27.7 Å². The molecule has 22 heteroatoms. The number of nitrogens with one attached hydrogen (secondary N) is 2. The van der Waals surface area contributed by atoms with Crippen molar-refractivity contribution in [3.05, 3.63) is 0 Å². The lowest BCUT2D eigenvalue weighted by Crippen LogP contribution is -3.00. The fourth-order valence-corrected chi connectivity index (χ4v) is 8.20. The monoisotopic (exact) mass is 1230 g/mol. The first-order valence-corrected chi connectivity index (χ1v) is 30.4. The van der Waals surface area contributed by atoms with Gasteiger partial charge in [0.1, 0.15) is 0 Å². The van der Waals surface area contributed by atoms with Gasteiger partial charge in [0.25, 0.3) is 11.8 Å². The number of esters is 4. The molecular formula is C58H114Cl4N6O12. The van der Waals surface area contributed by atoms with Crippen LogP contribution in [0.1, 0.15) is 259 Å². The lowest BCUT2D eigenvalue weighted by Gasteiger charge is -2.25. The van der Waals surface area contributed by atoms with Crippen molar-refractivity contribution in [2.75, 3.05) is 39.3 Å². The molecule has 0 rings (SSSR count). The lowest BCUT2D eigenvalue weighted by molar-refractivity contribution is -0.368. The molecule has 14 N–H and O–H groups in total. The molecule has 0 aliphatic heterocycles. The minimum atomic E-state index is -1.47. The van der Waals surface area contributed by atoms with Gasteiger partial charge in [-0.15, -0.1) is 0 Å². The highest BCUT2D eigenvalue weighted by molar-refractivity contribution is 5.95. The quantitative estimate of drug-likeness (QED) is 0.0189. The van der Waals surface area contributed by atoms with Crippen molar-refractivity contribution in [1.29, 1.82) is 0 Å². The number of hydrogen-bond acceptors (Lipinski definition) is 12. The van der Waals surface area contributed by atoms with Crippen LogP contribution in [-0.2, 0) is 57.3 Å². The van der Waals surface area contributed by atoms with Gasteiger partial charge in [-0.3, -0.25) is 38.4 Å². The summed E-state index contributed by atoms with van der Waals surface area (Å²) in [5.41, 5.74) is 15.4. The van der Waals surface area contributed by atoms with Gasteiger partial charge in [0.2, 0.25) is 24.4 Å². The second kappa shape index (κ2) is 65.3. The highest BCUT2D eigenvalue weighted by atomic mass is 35.5. The third-order valence-electron chi connectivity index (χ3n) is 12.9. The number of rotatable bonds is 52. The van der Waals surface area contributed by atoms with Crippen molar-refractivity contribution in [2.45, 2.75) is 283 Å². The summed E-state index contributed by atoms with van der Waals surface area (Å²) in [7, 11) is 0. The van der Waals surface area contributed by atoms with E-state index in [0.29, 0.717) is 64.5 Å². The predicted octanol–water partition coefficient (Wildman–Crippen LogP) is -5.90. The second-order valence-corrected chi connectivity index (χ2v) is 20.3. The summed E-state index contributed by atoms with van der Waals surface area (Å²) < 4.78 is 22.2. The number of carbonyl (C=O) groups is 8. The van der Waals surface area contributed by atoms with Crippen molar-refractivity contribution < 1.29 is 130 Å². The Kier molecular flexibility index (Phi) is 72.2. The second-order valence-electron chi connectivity index (χ2n) is 20.3. The van der Waals surface area contributed by atoms with E-state index in [1.165, 1.54) is 25.7 Å². The summed E-state index contributed by atoms with van der Waals surface area (Å²) in [5.74, 6) is -4.14. The summed E-state index contributed by atoms with van der Waals surface area (Å²) >= 11 is 0. The minimum Gasteiger partial charge on any atom is -1.00 e. The van der Waals surface area contributed by atoms with Gasteiger partial charge < -0.3 is 102 Å². The first-order valence-electron chi connectivity index (χ1n) is 30.4. The van der Waals surface area contributed by atoms with Crippen molar-refractivity contribution in [2.24, 2.45) is 0 Å². The maximum Gasteiger partial charge on any atom is 0.306 e. The Labute approximate surface area is 507 Å². The number of Topliss-reactive ketones (excluding diaryl/α,β-unsaturated/α-hetero) is 2.